The first-order chi connectivity index (χ1) is 8.22. The van der Waals surface area contributed by atoms with E-state index in [-0.39, 0.29) is 6.04 Å². The van der Waals surface area contributed by atoms with Gasteiger partial charge in [-0.1, -0.05) is 32.0 Å². The van der Waals surface area contributed by atoms with Gasteiger partial charge in [0.2, 0.25) is 0 Å². The van der Waals surface area contributed by atoms with Gasteiger partial charge >= 0.3 is 0 Å². The minimum Gasteiger partial charge on any atom is -0.371 e. The number of rotatable bonds is 3. The van der Waals surface area contributed by atoms with Crippen LogP contribution in [0.3, 0.4) is 0 Å². The van der Waals surface area contributed by atoms with Crippen LogP contribution < -0.4 is 10.6 Å². The Labute approximate surface area is 105 Å². The van der Waals surface area contributed by atoms with Crippen LogP contribution in [0.1, 0.15) is 44.7 Å². The Morgan fingerprint density at radius 1 is 1.29 bits per heavy atom. The Hall–Kier alpha value is -1.02. The van der Waals surface area contributed by atoms with Crippen molar-refractivity contribution in [2.45, 2.75) is 39.2 Å². The summed E-state index contributed by atoms with van der Waals surface area (Å²) < 4.78 is 0. The van der Waals surface area contributed by atoms with E-state index >= 15 is 0 Å². The maximum atomic E-state index is 6.20. The molecule has 1 aliphatic heterocycles. The van der Waals surface area contributed by atoms with E-state index in [2.05, 4.69) is 43.0 Å². The van der Waals surface area contributed by atoms with Gasteiger partial charge in [0, 0.05) is 24.8 Å². The van der Waals surface area contributed by atoms with Crippen molar-refractivity contribution in [3.63, 3.8) is 0 Å². The SMILES string of the molecule is CC[C@H](N)c1ccccc1N1CCC(C)CC1. The zero-order chi connectivity index (χ0) is 12.3. The van der Waals surface area contributed by atoms with E-state index in [0.29, 0.717) is 0 Å². The molecule has 0 bridgehead atoms. The van der Waals surface area contributed by atoms with Gasteiger partial charge in [0.1, 0.15) is 0 Å². The number of anilines is 1. The number of hydrogen-bond acceptors (Lipinski definition) is 2. The van der Waals surface area contributed by atoms with E-state index in [9.17, 15) is 0 Å². The average Bonchev–Trinajstić information content (AvgIpc) is 2.39. The molecule has 1 heterocycles. The van der Waals surface area contributed by atoms with Gasteiger partial charge in [0.15, 0.2) is 0 Å². The van der Waals surface area contributed by atoms with Crippen molar-refractivity contribution in [2.24, 2.45) is 11.7 Å². The number of benzene rings is 1. The third kappa shape index (κ3) is 2.81. The number of hydrogen-bond donors (Lipinski definition) is 1. The molecule has 0 saturated carbocycles. The van der Waals surface area contributed by atoms with Crippen molar-refractivity contribution in [1.29, 1.82) is 0 Å². The molecule has 1 atom stereocenters. The molecule has 0 aromatic heterocycles. The van der Waals surface area contributed by atoms with E-state index in [0.717, 1.165) is 12.3 Å². The van der Waals surface area contributed by atoms with E-state index < -0.39 is 0 Å². The largest absolute Gasteiger partial charge is 0.371 e. The average molecular weight is 232 g/mol. The molecule has 0 spiro atoms. The molecule has 1 fully saturated rings. The summed E-state index contributed by atoms with van der Waals surface area (Å²) in [6, 6.07) is 8.80. The van der Waals surface area contributed by atoms with Gasteiger partial charge in [-0.25, -0.2) is 0 Å². The molecular formula is C15H24N2. The molecule has 1 saturated heterocycles. The van der Waals surface area contributed by atoms with Crippen LogP contribution in [0.5, 0.6) is 0 Å². The second-order valence-corrected chi connectivity index (χ2v) is 5.24. The smallest absolute Gasteiger partial charge is 0.0414 e. The molecule has 0 unspecified atom stereocenters. The van der Waals surface area contributed by atoms with Crippen molar-refractivity contribution >= 4 is 5.69 Å². The lowest BCUT2D eigenvalue weighted by Crippen LogP contribution is -2.34. The summed E-state index contributed by atoms with van der Waals surface area (Å²) in [5.74, 6) is 0.873. The quantitative estimate of drug-likeness (QED) is 0.866. The zero-order valence-electron chi connectivity index (χ0n) is 11.0. The van der Waals surface area contributed by atoms with Crippen LogP contribution in [0, 0.1) is 5.92 Å². The summed E-state index contributed by atoms with van der Waals surface area (Å²) >= 11 is 0. The Morgan fingerprint density at radius 2 is 1.94 bits per heavy atom. The molecule has 2 N–H and O–H groups in total. The topological polar surface area (TPSA) is 29.3 Å². The fraction of sp³-hybridized carbons (Fsp3) is 0.600. The van der Waals surface area contributed by atoms with Gasteiger partial charge < -0.3 is 10.6 Å². The minimum atomic E-state index is 0.172. The van der Waals surface area contributed by atoms with Crippen LogP contribution in [0.25, 0.3) is 0 Å². The van der Waals surface area contributed by atoms with Crippen LogP contribution in [-0.2, 0) is 0 Å². The van der Waals surface area contributed by atoms with Gasteiger partial charge in [-0.2, -0.15) is 0 Å². The predicted octanol–water partition coefficient (Wildman–Crippen LogP) is 3.33. The lowest BCUT2D eigenvalue weighted by atomic mass is 9.96. The van der Waals surface area contributed by atoms with Crippen LogP contribution >= 0.6 is 0 Å². The van der Waals surface area contributed by atoms with Gasteiger partial charge in [-0.3, -0.25) is 0 Å². The molecule has 0 amide bonds. The summed E-state index contributed by atoms with van der Waals surface area (Å²) in [5, 5.41) is 0. The number of para-hydroxylation sites is 1. The second-order valence-electron chi connectivity index (χ2n) is 5.24. The Morgan fingerprint density at radius 3 is 2.59 bits per heavy atom. The van der Waals surface area contributed by atoms with E-state index in [1.807, 2.05) is 0 Å². The normalized spacial score (nSPS) is 19.4. The first-order valence-corrected chi connectivity index (χ1v) is 6.81. The number of piperidine rings is 1. The standard InChI is InChI=1S/C15H24N2/c1-3-14(16)13-6-4-5-7-15(13)17-10-8-12(2)9-11-17/h4-7,12,14H,3,8-11,16H2,1-2H3/t14-/m0/s1. The van der Waals surface area contributed by atoms with Crippen LogP contribution in [0.2, 0.25) is 0 Å². The van der Waals surface area contributed by atoms with Crippen LogP contribution in [0.4, 0.5) is 5.69 Å². The van der Waals surface area contributed by atoms with Crippen molar-refractivity contribution in [1.82, 2.24) is 0 Å². The lowest BCUT2D eigenvalue weighted by Gasteiger charge is -2.34. The molecule has 2 rings (SSSR count). The monoisotopic (exact) mass is 232 g/mol. The van der Waals surface area contributed by atoms with Gasteiger partial charge in [-0.05, 0) is 36.8 Å². The molecule has 2 nitrogen and oxygen atoms in total. The molecule has 1 aromatic rings. The first kappa shape index (κ1) is 12.4. The molecule has 94 valence electrons. The first-order valence-electron chi connectivity index (χ1n) is 6.81. The zero-order valence-corrected chi connectivity index (χ0v) is 11.0. The summed E-state index contributed by atoms with van der Waals surface area (Å²) in [6.07, 6.45) is 3.60. The van der Waals surface area contributed by atoms with Crippen molar-refractivity contribution < 1.29 is 0 Å². The van der Waals surface area contributed by atoms with Crippen molar-refractivity contribution in [2.75, 3.05) is 18.0 Å². The molecule has 0 aliphatic carbocycles. The maximum Gasteiger partial charge on any atom is 0.0414 e. The highest BCUT2D eigenvalue weighted by molar-refractivity contribution is 5.55. The highest BCUT2D eigenvalue weighted by Gasteiger charge is 2.19. The van der Waals surface area contributed by atoms with Crippen LogP contribution in [-0.4, -0.2) is 13.1 Å². The van der Waals surface area contributed by atoms with E-state index in [4.69, 9.17) is 5.73 Å². The summed E-state index contributed by atoms with van der Waals surface area (Å²) in [7, 11) is 0. The van der Waals surface area contributed by atoms with Crippen molar-refractivity contribution in [3.05, 3.63) is 29.8 Å². The van der Waals surface area contributed by atoms with Gasteiger partial charge in [0.05, 0.1) is 0 Å². The molecule has 17 heavy (non-hydrogen) atoms. The summed E-state index contributed by atoms with van der Waals surface area (Å²) in [6.45, 7) is 6.85. The lowest BCUT2D eigenvalue weighted by molar-refractivity contribution is 0.437. The Bertz CT molecular complexity index is 354. The Kier molecular flexibility index (Phi) is 4.06. The molecule has 2 heteroatoms. The maximum absolute atomic E-state index is 6.20. The fourth-order valence-corrected chi connectivity index (χ4v) is 2.56. The summed E-state index contributed by atoms with van der Waals surface area (Å²) in [4.78, 5) is 2.50. The van der Waals surface area contributed by atoms with Crippen LogP contribution in [0.15, 0.2) is 24.3 Å². The molecular weight excluding hydrogens is 208 g/mol. The van der Waals surface area contributed by atoms with Gasteiger partial charge in [-0.15, -0.1) is 0 Å². The van der Waals surface area contributed by atoms with E-state index in [1.54, 1.807) is 0 Å². The van der Waals surface area contributed by atoms with Crippen molar-refractivity contribution in [3.8, 4) is 0 Å². The minimum absolute atomic E-state index is 0.172. The molecule has 1 aromatic carbocycles. The summed E-state index contributed by atoms with van der Waals surface area (Å²) in [5.41, 5.74) is 8.87. The third-order valence-electron chi connectivity index (χ3n) is 3.90. The Balaban J connectivity index is 2.19. The molecule has 0 radical (unpaired) electrons. The highest BCUT2D eigenvalue weighted by Crippen LogP contribution is 2.29. The number of nitrogens with two attached hydrogens (primary N) is 1. The highest BCUT2D eigenvalue weighted by atomic mass is 15.1. The number of nitrogens with zero attached hydrogens (tertiary/aromatic N) is 1. The molecule has 1 aliphatic rings. The fourth-order valence-electron chi connectivity index (χ4n) is 2.56. The predicted molar refractivity (Wildman–Crippen MR) is 74.3 cm³/mol. The van der Waals surface area contributed by atoms with E-state index in [1.165, 1.54) is 37.2 Å². The second kappa shape index (κ2) is 5.54. The van der Waals surface area contributed by atoms with Gasteiger partial charge in [0.25, 0.3) is 0 Å². The third-order valence-corrected chi connectivity index (χ3v) is 3.90.